The van der Waals surface area contributed by atoms with Crippen LogP contribution in [0.3, 0.4) is 0 Å². The van der Waals surface area contributed by atoms with Crippen LogP contribution in [-0.4, -0.2) is 24.1 Å². The first-order valence-electron chi connectivity index (χ1n) is 7.30. The molecule has 0 aromatic carbocycles. The van der Waals surface area contributed by atoms with E-state index in [0.717, 1.165) is 51.4 Å². The summed E-state index contributed by atoms with van der Waals surface area (Å²) in [6.45, 7) is 0. The zero-order valence-electron chi connectivity index (χ0n) is 11.3. The van der Waals surface area contributed by atoms with Crippen molar-refractivity contribution in [2.24, 2.45) is 0 Å². The third-order valence-corrected chi connectivity index (χ3v) is 3.72. The Morgan fingerprint density at radius 2 is 1.42 bits per heavy atom. The second-order valence-corrected chi connectivity index (χ2v) is 5.35. The molecule has 0 atom stereocenters. The van der Waals surface area contributed by atoms with Gasteiger partial charge in [-0.3, -0.25) is 4.79 Å². The summed E-state index contributed by atoms with van der Waals surface area (Å²) in [7, 11) is 0. The maximum Gasteiger partial charge on any atom is 0.330 e. The lowest BCUT2D eigenvalue weighted by Crippen LogP contribution is -2.14. The van der Waals surface area contributed by atoms with Gasteiger partial charge in [-0.15, -0.1) is 0 Å². The summed E-state index contributed by atoms with van der Waals surface area (Å²) in [6.07, 6.45) is 11.6. The molecule has 2 aliphatic rings. The highest BCUT2D eigenvalue weighted by Crippen LogP contribution is 2.22. The molecule has 0 aromatic rings. The fraction of sp³-hybridized carbons (Fsp3) is 0.733. The highest BCUT2D eigenvalue weighted by atomic mass is 16.5. The topological polar surface area (TPSA) is 52.6 Å². The highest BCUT2D eigenvalue weighted by molar-refractivity contribution is 5.83. The fourth-order valence-electron chi connectivity index (χ4n) is 2.70. The number of esters is 2. The summed E-state index contributed by atoms with van der Waals surface area (Å²) < 4.78 is 10.5. The first-order chi connectivity index (χ1) is 9.24. The second kappa shape index (κ2) is 7.31. The molecule has 2 aliphatic carbocycles. The molecule has 4 nitrogen and oxygen atoms in total. The summed E-state index contributed by atoms with van der Waals surface area (Å²) in [4.78, 5) is 23.0. The van der Waals surface area contributed by atoms with Crippen LogP contribution in [0, 0.1) is 0 Å². The van der Waals surface area contributed by atoms with Crippen LogP contribution in [0.5, 0.6) is 0 Å². The van der Waals surface area contributed by atoms with Crippen LogP contribution in [0.4, 0.5) is 0 Å². The first kappa shape index (κ1) is 14.1. The minimum atomic E-state index is -0.347. The van der Waals surface area contributed by atoms with Crippen molar-refractivity contribution in [3.63, 3.8) is 0 Å². The average molecular weight is 266 g/mol. The van der Waals surface area contributed by atoms with Gasteiger partial charge in [0.15, 0.2) is 0 Å². The van der Waals surface area contributed by atoms with E-state index in [1.165, 1.54) is 12.2 Å². The maximum atomic E-state index is 11.5. The van der Waals surface area contributed by atoms with Gasteiger partial charge in [-0.05, 0) is 51.4 Å². The van der Waals surface area contributed by atoms with Gasteiger partial charge >= 0.3 is 11.9 Å². The van der Waals surface area contributed by atoms with Crippen molar-refractivity contribution in [2.75, 3.05) is 0 Å². The molecule has 2 fully saturated rings. The Bertz CT molecular complexity index is 336. The van der Waals surface area contributed by atoms with Gasteiger partial charge in [0.25, 0.3) is 0 Å². The van der Waals surface area contributed by atoms with E-state index in [1.54, 1.807) is 0 Å². The standard InChI is InChI=1S/C15H22O4/c16-14(18-12-6-1-2-7-12)10-5-11-15(17)19-13-8-3-4-9-13/h5,10,12-13H,1-4,6-9,11H2/b10-5+. The monoisotopic (exact) mass is 266 g/mol. The molecule has 2 rings (SSSR count). The van der Waals surface area contributed by atoms with Crippen molar-refractivity contribution < 1.29 is 19.1 Å². The predicted molar refractivity (Wildman–Crippen MR) is 70.5 cm³/mol. The molecule has 0 amide bonds. The van der Waals surface area contributed by atoms with E-state index >= 15 is 0 Å². The molecule has 4 heteroatoms. The highest BCUT2D eigenvalue weighted by Gasteiger charge is 2.19. The Morgan fingerprint density at radius 3 is 2.00 bits per heavy atom. The van der Waals surface area contributed by atoms with Crippen LogP contribution in [0.2, 0.25) is 0 Å². The largest absolute Gasteiger partial charge is 0.462 e. The van der Waals surface area contributed by atoms with Gasteiger partial charge in [-0.1, -0.05) is 6.08 Å². The van der Waals surface area contributed by atoms with Gasteiger partial charge in [0.1, 0.15) is 12.2 Å². The molecule has 0 unspecified atom stereocenters. The van der Waals surface area contributed by atoms with Gasteiger partial charge in [-0.25, -0.2) is 4.79 Å². The van der Waals surface area contributed by atoms with Crippen LogP contribution in [0.1, 0.15) is 57.8 Å². The molecule has 0 aliphatic heterocycles. The van der Waals surface area contributed by atoms with Gasteiger partial charge in [0.05, 0.1) is 6.42 Å². The number of hydrogen-bond donors (Lipinski definition) is 0. The molecular weight excluding hydrogens is 244 g/mol. The molecule has 106 valence electrons. The fourth-order valence-corrected chi connectivity index (χ4v) is 2.70. The average Bonchev–Trinajstić information content (AvgIpc) is 3.02. The van der Waals surface area contributed by atoms with E-state index < -0.39 is 0 Å². The van der Waals surface area contributed by atoms with Crippen molar-refractivity contribution in [1.29, 1.82) is 0 Å². The van der Waals surface area contributed by atoms with E-state index in [4.69, 9.17) is 9.47 Å². The lowest BCUT2D eigenvalue weighted by Gasteiger charge is -2.10. The maximum absolute atomic E-state index is 11.5. The lowest BCUT2D eigenvalue weighted by atomic mass is 10.3. The lowest BCUT2D eigenvalue weighted by molar-refractivity contribution is -0.147. The first-order valence-corrected chi connectivity index (χ1v) is 7.30. The SMILES string of the molecule is O=C(/C=C/CC(=O)OC1CCCC1)OC1CCCC1. The summed E-state index contributed by atoms with van der Waals surface area (Å²) >= 11 is 0. The smallest absolute Gasteiger partial charge is 0.330 e. The zero-order chi connectivity index (χ0) is 13.5. The van der Waals surface area contributed by atoms with E-state index in [9.17, 15) is 9.59 Å². The van der Waals surface area contributed by atoms with Crippen molar-refractivity contribution in [3.05, 3.63) is 12.2 Å². The third kappa shape index (κ3) is 5.05. The Morgan fingerprint density at radius 1 is 0.895 bits per heavy atom. The Hall–Kier alpha value is -1.32. The van der Waals surface area contributed by atoms with Crippen LogP contribution < -0.4 is 0 Å². The van der Waals surface area contributed by atoms with Crippen molar-refractivity contribution >= 4 is 11.9 Å². The molecule has 0 N–H and O–H groups in total. The minimum absolute atomic E-state index is 0.0718. The molecule has 0 spiro atoms. The minimum Gasteiger partial charge on any atom is -0.462 e. The van der Waals surface area contributed by atoms with Crippen LogP contribution in [-0.2, 0) is 19.1 Å². The Labute approximate surface area is 114 Å². The van der Waals surface area contributed by atoms with Crippen LogP contribution >= 0.6 is 0 Å². The van der Waals surface area contributed by atoms with E-state index in [0.29, 0.717) is 0 Å². The van der Waals surface area contributed by atoms with Gasteiger partial charge in [0, 0.05) is 6.08 Å². The Balaban J connectivity index is 1.61. The molecule has 0 aromatic heterocycles. The number of ether oxygens (including phenoxy) is 2. The van der Waals surface area contributed by atoms with E-state index in [1.807, 2.05) is 0 Å². The summed E-state index contributed by atoms with van der Waals surface area (Å²) in [6, 6.07) is 0. The zero-order valence-corrected chi connectivity index (χ0v) is 11.3. The molecule has 0 radical (unpaired) electrons. The molecule has 0 saturated heterocycles. The van der Waals surface area contributed by atoms with E-state index in [2.05, 4.69) is 0 Å². The van der Waals surface area contributed by atoms with Gasteiger partial charge in [0.2, 0.25) is 0 Å². The molecular formula is C15H22O4. The van der Waals surface area contributed by atoms with Crippen molar-refractivity contribution in [3.8, 4) is 0 Å². The quantitative estimate of drug-likeness (QED) is 0.567. The number of hydrogen-bond acceptors (Lipinski definition) is 4. The number of rotatable bonds is 5. The molecule has 0 bridgehead atoms. The van der Waals surface area contributed by atoms with Crippen LogP contribution in [0.25, 0.3) is 0 Å². The number of carbonyl (C=O) groups excluding carboxylic acids is 2. The van der Waals surface area contributed by atoms with Crippen molar-refractivity contribution in [1.82, 2.24) is 0 Å². The third-order valence-electron chi connectivity index (χ3n) is 3.72. The van der Waals surface area contributed by atoms with E-state index in [-0.39, 0.29) is 30.6 Å². The Kier molecular flexibility index (Phi) is 5.43. The van der Waals surface area contributed by atoms with Gasteiger partial charge in [-0.2, -0.15) is 0 Å². The van der Waals surface area contributed by atoms with Crippen molar-refractivity contribution in [2.45, 2.75) is 70.0 Å². The molecule has 0 heterocycles. The summed E-state index contributed by atoms with van der Waals surface area (Å²) in [5.74, 6) is -0.600. The normalized spacial score (nSPS) is 21.1. The molecule has 19 heavy (non-hydrogen) atoms. The summed E-state index contributed by atoms with van der Waals surface area (Å²) in [5, 5.41) is 0. The van der Waals surface area contributed by atoms with Gasteiger partial charge < -0.3 is 9.47 Å². The predicted octanol–water partition coefficient (Wildman–Crippen LogP) is 2.90. The van der Waals surface area contributed by atoms with Crippen LogP contribution in [0.15, 0.2) is 12.2 Å². The molecule has 2 saturated carbocycles. The number of carbonyl (C=O) groups is 2. The summed E-state index contributed by atoms with van der Waals surface area (Å²) in [5.41, 5.74) is 0. The second-order valence-electron chi connectivity index (χ2n) is 5.35.